The van der Waals surface area contributed by atoms with Crippen molar-refractivity contribution in [3.8, 4) is 11.1 Å². The van der Waals surface area contributed by atoms with Gasteiger partial charge in [0, 0.05) is 10.6 Å². The van der Waals surface area contributed by atoms with Crippen LogP contribution in [0.5, 0.6) is 0 Å². The molecule has 15 heavy (non-hydrogen) atoms. The first kappa shape index (κ1) is 10.3. The highest BCUT2D eigenvalue weighted by Crippen LogP contribution is 2.31. The van der Waals surface area contributed by atoms with E-state index >= 15 is 0 Å². The van der Waals surface area contributed by atoms with E-state index in [0.717, 1.165) is 11.4 Å². The second-order valence-corrected chi connectivity index (χ2v) is 3.90. The van der Waals surface area contributed by atoms with Crippen molar-refractivity contribution in [2.24, 2.45) is 0 Å². The van der Waals surface area contributed by atoms with Crippen LogP contribution in [0.15, 0.2) is 48.5 Å². The van der Waals surface area contributed by atoms with Gasteiger partial charge in [-0.2, -0.15) is 0 Å². The maximum Gasteiger partial charge on any atom is 0.0487 e. The Bertz CT molecular complexity index is 446. The van der Waals surface area contributed by atoms with E-state index in [4.69, 9.17) is 11.6 Å². The summed E-state index contributed by atoms with van der Waals surface area (Å²) in [7, 11) is 0. The zero-order chi connectivity index (χ0) is 10.7. The van der Waals surface area contributed by atoms with E-state index < -0.39 is 0 Å². The van der Waals surface area contributed by atoms with Gasteiger partial charge < -0.3 is 0 Å². The molecular weight excluding hydrogens is 204 g/mol. The van der Waals surface area contributed by atoms with Crippen LogP contribution in [-0.4, -0.2) is 0 Å². The minimum absolute atomic E-state index is 0.834. The number of rotatable bonds is 2. The zero-order valence-electron chi connectivity index (χ0n) is 8.70. The number of hydrogen-bond donors (Lipinski definition) is 0. The third kappa shape index (κ3) is 2.05. The minimum atomic E-state index is 0.834. The summed E-state index contributed by atoms with van der Waals surface area (Å²) in [6, 6.07) is 16.4. The number of hydrogen-bond acceptors (Lipinski definition) is 0. The lowest BCUT2D eigenvalue weighted by Crippen LogP contribution is -1.88. The largest absolute Gasteiger partial charge is 0.0837 e. The molecule has 0 unspecified atom stereocenters. The molecule has 0 fully saturated rings. The highest BCUT2D eigenvalue weighted by atomic mass is 35.5. The third-order valence-electron chi connectivity index (χ3n) is 2.54. The first-order valence-electron chi connectivity index (χ1n) is 5.15. The molecule has 1 heteroatoms. The van der Waals surface area contributed by atoms with Gasteiger partial charge in [0.2, 0.25) is 0 Å². The number of aryl methyl sites for hydroxylation is 1. The molecule has 76 valence electrons. The fraction of sp³-hybridized carbons (Fsp3) is 0.143. The van der Waals surface area contributed by atoms with Gasteiger partial charge in [0.25, 0.3) is 0 Å². The van der Waals surface area contributed by atoms with Gasteiger partial charge in [-0.3, -0.25) is 0 Å². The van der Waals surface area contributed by atoms with Crippen molar-refractivity contribution in [3.63, 3.8) is 0 Å². The number of halogens is 1. The Labute approximate surface area is 95.5 Å². The van der Waals surface area contributed by atoms with Gasteiger partial charge >= 0.3 is 0 Å². The molecule has 2 aromatic carbocycles. The molecule has 2 aromatic rings. The van der Waals surface area contributed by atoms with Crippen LogP contribution in [0.1, 0.15) is 12.5 Å². The molecular formula is C14H13Cl. The summed E-state index contributed by atoms with van der Waals surface area (Å²) >= 11 is 6.24. The average Bonchev–Trinajstić information content (AvgIpc) is 2.29. The Morgan fingerprint density at radius 2 is 1.67 bits per heavy atom. The molecule has 0 heterocycles. The fourth-order valence-corrected chi connectivity index (χ4v) is 2.09. The van der Waals surface area contributed by atoms with Crippen LogP contribution in [0.25, 0.3) is 11.1 Å². The van der Waals surface area contributed by atoms with Crippen molar-refractivity contribution in [1.82, 2.24) is 0 Å². The molecule has 0 atom stereocenters. The van der Waals surface area contributed by atoms with Crippen LogP contribution < -0.4 is 0 Å². The molecule has 0 radical (unpaired) electrons. The fourth-order valence-electron chi connectivity index (χ4n) is 1.79. The summed E-state index contributed by atoms with van der Waals surface area (Å²) in [5, 5.41) is 0.834. The zero-order valence-corrected chi connectivity index (χ0v) is 9.46. The van der Waals surface area contributed by atoms with Crippen LogP contribution in [0.4, 0.5) is 0 Å². The highest BCUT2D eigenvalue weighted by molar-refractivity contribution is 6.33. The number of benzene rings is 2. The van der Waals surface area contributed by atoms with Crippen molar-refractivity contribution in [2.45, 2.75) is 13.3 Å². The molecule has 0 bridgehead atoms. The standard InChI is InChI=1S/C14H13Cl/c1-2-11-9-6-10-13(15)14(11)12-7-4-3-5-8-12/h3-10H,2H2,1H3. The first-order valence-corrected chi connectivity index (χ1v) is 5.53. The van der Waals surface area contributed by atoms with Crippen LogP contribution in [0.2, 0.25) is 5.02 Å². The van der Waals surface area contributed by atoms with Gasteiger partial charge in [-0.25, -0.2) is 0 Å². The van der Waals surface area contributed by atoms with Gasteiger partial charge in [0.15, 0.2) is 0 Å². The molecule has 0 aliphatic rings. The van der Waals surface area contributed by atoms with E-state index in [1.54, 1.807) is 0 Å². The van der Waals surface area contributed by atoms with Crippen LogP contribution in [0, 0.1) is 0 Å². The van der Waals surface area contributed by atoms with E-state index in [1.807, 2.05) is 30.3 Å². The molecule has 0 nitrogen and oxygen atoms in total. The quantitative estimate of drug-likeness (QED) is 0.690. The normalized spacial score (nSPS) is 10.3. The summed E-state index contributed by atoms with van der Waals surface area (Å²) in [6.45, 7) is 2.15. The second-order valence-electron chi connectivity index (χ2n) is 3.49. The van der Waals surface area contributed by atoms with Crippen LogP contribution in [-0.2, 0) is 6.42 Å². The minimum Gasteiger partial charge on any atom is -0.0837 e. The lowest BCUT2D eigenvalue weighted by Gasteiger charge is -2.09. The van der Waals surface area contributed by atoms with Crippen molar-refractivity contribution in [1.29, 1.82) is 0 Å². The van der Waals surface area contributed by atoms with E-state index in [0.29, 0.717) is 0 Å². The predicted octanol–water partition coefficient (Wildman–Crippen LogP) is 4.57. The molecule has 0 aliphatic carbocycles. The van der Waals surface area contributed by atoms with E-state index in [2.05, 4.69) is 25.1 Å². The van der Waals surface area contributed by atoms with Gasteiger partial charge in [-0.05, 0) is 23.6 Å². The Morgan fingerprint density at radius 1 is 0.933 bits per heavy atom. The van der Waals surface area contributed by atoms with E-state index in [-0.39, 0.29) is 0 Å². The molecule has 0 amide bonds. The average molecular weight is 217 g/mol. The SMILES string of the molecule is CCc1cccc(Cl)c1-c1ccccc1. The van der Waals surface area contributed by atoms with Gasteiger partial charge in [-0.15, -0.1) is 0 Å². The summed E-state index contributed by atoms with van der Waals surface area (Å²) in [5.41, 5.74) is 3.66. The van der Waals surface area contributed by atoms with E-state index in [9.17, 15) is 0 Å². The van der Waals surface area contributed by atoms with Crippen molar-refractivity contribution in [3.05, 3.63) is 59.1 Å². The summed E-state index contributed by atoms with van der Waals surface area (Å²) < 4.78 is 0. The molecule has 0 spiro atoms. The van der Waals surface area contributed by atoms with Crippen LogP contribution in [0.3, 0.4) is 0 Å². The topological polar surface area (TPSA) is 0 Å². The molecule has 0 aromatic heterocycles. The third-order valence-corrected chi connectivity index (χ3v) is 2.86. The summed E-state index contributed by atoms with van der Waals surface area (Å²) in [6.07, 6.45) is 1.00. The maximum atomic E-state index is 6.24. The molecule has 2 rings (SSSR count). The summed E-state index contributed by atoms with van der Waals surface area (Å²) in [5.74, 6) is 0. The monoisotopic (exact) mass is 216 g/mol. The lowest BCUT2D eigenvalue weighted by atomic mass is 9.98. The Kier molecular flexibility index (Phi) is 3.08. The van der Waals surface area contributed by atoms with Crippen LogP contribution >= 0.6 is 11.6 Å². The maximum absolute atomic E-state index is 6.24. The smallest absolute Gasteiger partial charge is 0.0487 e. The first-order chi connectivity index (χ1) is 7.33. The predicted molar refractivity (Wildman–Crippen MR) is 66.3 cm³/mol. The highest BCUT2D eigenvalue weighted by Gasteiger charge is 2.06. The molecule has 0 aliphatic heterocycles. The second kappa shape index (κ2) is 4.50. The summed E-state index contributed by atoms with van der Waals surface area (Å²) in [4.78, 5) is 0. The molecule has 0 saturated carbocycles. The van der Waals surface area contributed by atoms with Gasteiger partial charge in [0.1, 0.15) is 0 Å². The van der Waals surface area contributed by atoms with Crippen molar-refractivity contribution in [2.75, 3.05) is 0 Å². The van der Waals surface area contributed by atoms with E-state index in [1.165, 1.54) is 16.7 Å². The van der Waals surface area contributed by atoms with Crippen molar-refractivity contribution < 1.29 is 0 Å². The molecule has 0 N–H and O–H groups in total. The Hall–Kier alpha value is -1.27. The van der Waals surface area contributed by atoms with Gasteiger partial charge in [0.05, 0.1) is 0 Å². The van der Waals surface area contributed by atoms with Crippen molar-refractivity contribution >= 4 is 11.6 Å². The Balaban J connectivity index is 2.61. The van der Waals surface area contributed by atoms with Gasteiger partial charge in [-0.1, -0.05) is 61.0 Å². The molecule has 0 saturated heterocycles. The lowest BCUT2D eigenvalue weighted by molar-refractivity contribution is 1.14. The Morgan fingerprint density at radius 3 is 2.33 bits per heavy atom.